The third-order valence-corrected chi connectivity index (χ3v) is 2.20. The number of hydrogen-bond acceptors (Lipinski definition) is 3. The van der Waals surface area contributed by atoms with E-state index >= 15 is 0 Å². The standard InChI is InChI=1S/C13H18FNO3/c1-9(2)8-18-7-6-15-13(17)12-10(14)4-3-5-11(12)16/h3-5,9,16H,6-8H2,1-2H3,(H,15,17). The third kappa shape index (κ3) is 4.33. The normalized spacial score (nSPS) is 10.7. The van der Waals surface area contributed by atoms with E-state index in [4.69, 9.17) is 4.74 Å². The molecule has 1 rings (SSSR count). The van der Waals surface area contributed by atoms with Gasteiger partial charge < -0.3 is 15.2 Å². The summed E-state index contributed by atoms with van der Waals surface area (Å²) < 4.78 is 18.6. The number of amides is 1. The molecule has 0 saturated carbocycles. The zero-order valence-corrected chi connectivity index (χ0v) is 10.6. The number of carbonyl (C=O) groups excluding carboxylic acids is 1. The van der Waals surface area contributed by atoms with Crippen LogP contribution in [0.4, 0.5) is 4.39 Å². The van der Waals surface area contributed by atoms with Crippen molar-refractivity contribution in [1.82, 2.24) is 5.32 Å². The number of benzene rings is 1. The van der Waals surface area contributed by atoms with Crippen LogP contribution in [0.5, 0.6) is 5.75 Å². The molecule has 0 aliphatic carbocycles. The Bertz CT molecular complexity index is 387. The highest BCUT2D eigenvalue weighted by molar-refractivity contribution is 5.97. The highest BCUT2D eigenvalue weighted by Gasteiger charge is 2.15. The van der Waals surface area contributed by atoms with Gasteiger partial charge in [-0.15, -0.1) is 0 Å². The van der Waals surface area contributed by atoms with Crippen molar-refractivity contribution in [2.75, 3.05) is 19.8 Å². The fourth-order valence-electron chi connectivity index (χ4n) is 1.38. The van der Waals surface area contributed by atoms with Crippen LogP contribution >= 0.6 is 0 Å². The Morgan fingerprint density at radius 2 is 2.22 bits per heavy atom. The smallest absolute Gasteiger partial charge is 0.258 e. The number of halogens is 1. The van der Waals surface area contributed by atoms with Crippen molar-refractivity contribution in [2.24, 2.45) is 5.92 Å². The molecule has 100 valence electrons. The minimum Gasteiger partial charge on any atom is -0.507 e. The SMILES string of the molecule is CC(C)COCCNC(=O)c1c(O)cccc1F. The summed E-state index contributed by atoms with van der Waals surface area (Å²) in [5.41, 5.74) is -0.332. The van der Waals surface area contributed by atoms with Gasteiger partial charge in [0.2, 0.25) is 0 Å². The summed E-state index contributed by atoms with van der Waals surface area (Å²) in [7, 11) is 0. The van der Waals surface area contributed by atoms with Crippen molar-refractivity contribution in [3.05, 3.63) is 29.6 Å². The van der Waals surface area contributed by atoms with Crippen LogP contribution in [0.25, 0.3) is 0 Å². The molecule has 1 aromatic carbocycles. The van der Waals surface area contributed by atoms with Gasteiger partial charge in [-0.05, 0) is 18.1 Å². The summed E-state index contributed by atoms with van der Waals surface area (Å²) in [5.74, 6) is -1.32. The Balaban J connectivity index is 2.41. The van der Waals surface area contributed by atoms with Gasteiger partial charge in [0.25, 0.3) is 5.91 Å². The number of aromatic hydroxyl groups is 1. The number of hydrogen-bond donors (Lipinski definition) is 2. The molecule has 0 saturated heterocycles. The lowest BCUT2D eigenvalue weighted by Crippen LogP contribution is -2.28. The van der Waals surface area contributed by atoms with E-state index in [1.165, 1.54) is 12.1 Å². The number of ether oxygens (including phenoxy) is 1. The number of nitrogens with one attached hydrogen (secondary N) is 1. The molecule has 0 aliphatic rings. The minimum atomic E-state index is -0.740. The zero-order valence-electron chi connectivity index (χ0n) is 10.6. The van der Waals surface area contributed by atoms with E-state index in [2.05, 4.69) is 5.32 Å². The van der Waals surface area contributed by atoms with Crippen LogP contribution in [0.15, 0.2) is 18.2 Å². The number of rotatable bonds is 6. The number of carbonyl (C=O) groups is 1. The molecular formula is C13H18FNO3. The first-order valence-corrected chi connectivity index (χ1v) is 5.85. The van der Waals surface area contributed by atoms with E-state index < -0.39 is 11.7 Å². The van der Waals surface area contributed by atoms with Gasteiger partial charge in [-0.3, -0.25) is 4.79 Å². The maximum absolute atomic E-state index is 13.3. The van der Waals surface area contributed by atoms with Crippen LogP contribution in [0, 0.1) is 11.7 Å². The van der Waals surface area contributed by atoms with Gasteiger partial charge in [0.15, 0.2) is 0 Å². The molecule has 0 atom stereocenters. The van der Waals surface area contributed by atoms with Crippen molar-refractivity contribution in [3.8, 4) is 5.75 Å². The van der Waals surface area contributed by atoms with Crippen LogP contribution in [0.3, 0.4) is 0 Å². The van der Waals surface area contributed by atoms with Gasteiger partial charge in [0.1, 0.15) is 17.1 Å². The first-order chi connectivity index (χ1) is 8.52. The van der Waals surface area contributed by atoms with Gasteiger partial charge in [0, 0.05) is 13.2 Å². The van der Waals surface area contributed by atoms with E-state index in [-0.39, 0.29) is 17.9 Å². The summed E-state index contributed by atoms with van der Waals surface area (Å²) in [5, 5.41) is 11.9. The quantitative estimate of drug-likeness (QED) is 0.764. The summed E-state index contributed by atoms with van der Waals surface area (Å²) in [4.78, 5) is 11.6. The largest absolute Gasteiger partial charge is 0.507 e. The molecule has 0 aliphatic heterocycles. The second-order valence-corrected chi connectivity index (χ2v) is 4.36. The average Bonchev–Trinajstić information content (AvgIpc) is 2.27. The van der Waals surface area contributed by atoms with Crippen molar-refractivity contribution in [3.63, 3.8) is 0 Å². The molecular weight excluding hydrogens is 237 g/mol. The van der Waals surface area contributed by atoms with Crippen molar-refractivity contribution in [2.45, 2.75) is 13.8 Å². The zero-order chi connectivity index (χ0) is 13.5. The van der Waals surface area contributed by atoms with Crippen LogP contribution < -0.4 is 5.32 Å². The third-order valence-electron chi connectivity index (χ3n) is 2.20. The van der Waals surface area contributed by atoms with E-state index in [0.717, 1.165) is 6.07 Å². The first kappa shape index (κ1) is 14.4. The van der Waals surface area contributed by atoms with Crippen LogP contribution in [0.1, 0.15) is 24.2 Å². The molecule has 2 N–H and O–H groups in total. The molecule has 5 heteroatoms. The van der Waals surface area contributed by atoms with Gasteiger partial charge in [-0.2, -0.15) is 0 Å². The van der Waals surface area contributed by atoms with Crippen molar-refractivity contribution >= 4 is 5.91 Å². The highest BCUT2D eigenvalue weighted by Crippen LogP contribution is 2.19. The highest BCUT2D eigenvalue weighted by atomic mass is 19.1. The molecule has 4 nitrogen and oxygen atoms in total. The Labute approximate surface area is 106 Å². The molecule has 1 aromatic rings. The predicted molar refractivity (Wildman–Crippen MR) is 66.1 cm³/mol. The number of phenols is 1. The molecule has 1 amide bonds. The first-order valence-electron chi connectivity index (χ1n) is 5.85. The fraction of sp³-hybridized carbons (Fsp3) is 0.462. The van der Waals surface area contributed by atoms with Gasteiger partial charge >= 0.3 is 0 Å². The minimum absolute atomic E-state index is 0.277. The predicted octanol–water partition coefficient (Wildman–Crippen LogP) is 1.93. The lowest BCUT2D eigenvalue weighted by atomic mass is 10.2. The molecule has 0 heterocycles. The summed E-state index contributed by atoms with van der Waals surface area (Å²) in [6.45, 7) is 5.30. The monoisotopic (exact) mass is 255 g/mol. The van der Waals surface area contributed by atoms with Crippen LogP contribution in [0.2, 0.25) is 0 Å². The Kier molecular flexibility index (Phi) is 5.58. The average molecular weight is 255 g/mol. The molecule has 0 aromatic heterocycles. The molecule has 0 unspecified atom stereocenters. The molecule has 0 radical (unpaired) electrons. The second-order valence-electron chi connectivity index (χ2n) is 4.36. The lowest BCUT2D eigenvalue weighted by Gasteiger charge is -2.09. The van der Waals surface area contributed by atoms with Crippen molar-refractivity contribution < 1.29 is 19.0 Å². The molecule has 0 fully saturated rings. The lowest BCUT2D eigenvalue weighted by molar-refractivity contribution is 0.0880. The van der Waals surface area contributed by atoms with E-state index in [1.54, 1.807) is 0 Å². The summed E-state index contributed by atoms with van der Waals surface area (Å²) in [6.07, 6.45) is 0. The molecule has 0 bridgehead atoms. The maximum Gasteiger partial charge on any atom is 0.258 e. The van der Waals surface area contributed by atoms with E-state index in [0.29, 0.717) is 19.1 Å². The molecule has 18 heavy (non-hydrogen) atoms. The van der Waals surface area contributed by atoms with Crippen LogP contribution in [-0.4, -0.2) is 30.8 Å². The van der Waals surface area contributed by atoms with E-state index in [1.807, 2.05) is 13.8 Å². The topological polar surface area (TPSA) is 58.6 Å². The Morgan fingerprint density at radius 3 is 2.83 bits per heavy atom. The summed E-state index contributed by atoms with van der Waals surface area (Å²) in [6, 6.07) is 3.74. The van der Waals surface area contributed by atoms with Crippen LogP contribution in [-0.2, 0) is 4.74 Å². The fourth-order valence-corrected chi connectivity index (χ4v) is 1.38. The van der Waals surface area contributed by atoms with E-state index in [9.17, 15) is 14.3 Å². The Hall–Kier alpha value is -1.62. The van der Waals surface area contributed by atoms with Gasteiger partial charge in [-0.1, -0.05) is 19.9 Å². The Morgan fingerprint density at radius 1 is 1.50 bits per heavy atom. The summed E-state index contributed by atoms with van der Waals surface area (Å²) >= 11 is 0. The van der Waals surface area contributed by atoms with Gasteiger partial charge in [0.05, 0.1) is 6.61 Å². The number of phenolic OH excluding ortho intramolecular Hbond substituents is 1. The van der Waals surface area contributed by atoms with Crippen molar-refractivity contribution in [1.29, 1.82) is 0 Å². The molecule has 0 spiro atoms. The van der Waals surface area contributed by atoms with Gasteiger partial charge in [-0.25, -0.2) is 4.39 Å². The maximum atomic E-state index is 13.3. The second kappa shape index (κ2) is 6.96.